The van der Waals surface area contributed by atoms with Gasteiger partial charge in [0.15, 0.2) is 11.7 Å². The Hall–Kier alpha value is -2.64. The molecule has 130 valence electrons. The topological polar surface area (TPSA) is 76.7 Å². The SMILES string of the molecule is COC(=O)c1ccc(NC(=S)NC(=O)COc2ccc(Cl)cc2)cc1. The molecular formula is C17H15ClN2O4S. The second-order valence-electron chi connectivity index (χ2n) is 4.81. The maximum Gasteiger partial charge on any atom is 0.337 e. The maximum atomic E-state index is 11.8. The zero-order valence-corrected chi connectivity index (χ0v) is 14.8. The van der Waals surface area contributed by atoms with Crippen LogP contribution >= 0.6 is 23.8 Å². The second kappa shape index (κ2) is 9.00. The Morgan fingerprint density at radius 3 is 2.32 bits per heavy atom. The molecule has 8 heteroatoms. The average molecular weight is 379 g/mol. The highest BCUT2D eigenvalue weighted by Gasteiger charge is 2.08. The number of thiocarbonyl (C=S) groups is 1. The molecule has 0 bridgehead atoms. The summed E-state index contributed by atoms with van der Waals surface area (Å²) < 4.78 is 9.94. The summed E-state index contributed by atoms with van der Waals surface area (Å²) in [5, 5.41) is 6.04. The summed E-state index contributed by atoms with van der Waals surface area (Å²) in [5.41, 5.74) is 1.04. The number of ether oxygens (including phenoxy) is 2. The predicted octanol–water partition coefficient (Wildman–Crippen LogP) is 3.02. The summed E-state index contributed by atoms with van der Waals surface area (Å²) in [6.45, 7) is -0.190. The Labute approximate surface area is 155 Å². The number of carbonyl (C=O) groups excluding carboxylic acids is 2. The van der Waals surface area contributed by atoms with Crippen LogP contribution in [-0.2, 0) is 9.53 Å². The van der Waals surface area contributed by atoms with E-state index in [0.717, 1.165) is 0 Å². The standard InChI is InChI=1S/C17H15ClN2O4S/c1-23-16(22)11-2-6-13(7-3-11)19-17(25)20-15(21)10-24-14-8-4-12(18)5-9-14/h2-9H,10H2,1H3,(H2,19,20,21,25). The van der Waals surface area contributed by atoms with Crippen molar-refractivity contribution in [3.8, 4) is 5.75 Å². The van der Waals surface area contributed by atoms with Gasteiger partial charge in [-0.05, 0) is 60.7 Å². The molecule has 2 N–H and O–H groups in total. The third-order valence-corrected chi connectivity index (χ3v) is 3.46. The van der Waals surface area contributed by atoms with Crippen LogP contribution in [-0.4, -0.2) is 30.7 Å². The first kappa shape index (κ1) is 18.7. The quantitative estimate of drug-likeness (QED) is 0.615. The van der Waals surface area contributed by atoms with E-state index in [4.69, 9.17) is 28.6 Å². The molecule has 0 aliphatic carbocycles. The van der Waals surface area contributed by atoms with Crippen LogP contribution in [0.15, 0.2) is 48.5 Å². The molecule has 0 aliphatic heterocycles. The number of methoxy groups -OCH3 is 1. The first-order valence-corrected chi connectivity index (χ1v) is 7.94. The van der Waals surface area contributed by atoms with Crippen LogP contribution in [0.1, 0.15) is 10.4 Å². The van der Waals surface area contributed by atoms with Gasteiger partial charge < -0.3 is 14.8 Å². The Bertz CT molecular complexity index is 763. The summed E-state index contributed by atoms with van der Waals surface area (Å²) in [6.07, 6.45) is 0. The van der Waals surface area contributed by atoms with Crippen molar-refractivity contribution in [3.05, 3.63) is 59.1 Å². The van der Waals surface area contributed by atoms with E-state index in [1.165, 1.54) is 7.11 Å². The number of amides is 1. The lowest BCUT2D eigenvalue weighted by atomic mass is 10.2. The molecule has 0 aromatic heterocycles. The third-order valence-electron chi connectivity index (χ3n) is 3.00. The highest BCUT2D eigenvalue weighted by Crippen LogP contribution is 2.15. The highest BCUT2D eigenvalue weighted by molar-refractivity contribution is 7.80. The van der Waals surface area contributed by atoms with Gasteiger partial charge in [0.25, 0.3) is 5.91 Å². The summed E-state index contributed by atoms with van der Waals surface area (Å²) in [4.78, 5) is 23.2. The lowest BCUT2D eigenvalue weighted by Crippen LogP contribution is -2.37. The number of rotatable bonds is 5. The molecule has 2 aromatic rings. The van der Waals surface area contributed by atoms with E-state index in [9.17, 15) is 9.59 Å². The van der Waals surface area contributed by atoms with Crippen LogP contribution in [0.2, 0.25) is 5.02 Å². The van der Waals surface area contributed by atoms with Crippen LogP contribution in [0.3, 0.4) is 0 Å². The fraction of sp³-hybridized carbons (Fsp3) is 0.118. The first-order chi connectivity index (χ1) is 12.0. The summed E-state index contributed by atoms with van der Waals surface area (Å²) in [5.74, 6) is -0.308. The Kier molecular flexibility index (Phi) is 6.73. The Morgan fingerprint density at radius 2 is 1.72 bits per heavy atom. The zero-order valence-electron chi connectivity index (χ0n) is 13.2. The number of hydrogen-bond acceptors (Lipinski definition) is 5. The van der Waals surface area contributed by atoms with Gasteiger partial charge >= 0.3 is 5.97 Å². The van der Waals surface area contributed by atoms with Crippen LogP contribution in [0.4, 0.5) is 5.69 Å². The van der Waals surface area contributed by atoms with Crippen molar-refractivity contribution in [2.75, 3.05) is 19.0 Å². The number of carbonyl (C=O) groups is 2. The lowest BCUT2D eigenvalue weighted by Gasteiger charge is -2.10. The maximum absolute atomic E-state index is 11.8. The number of esters is 1. The fourth-order valence-corrected chi connectivity index (χ4v) is 2.17. The van der Waals surface area contributed by atoms with Crippen LogP contribution < -0.4 is 15.4 Å². The van der Waals surface area contributed by atoms with Crippen molar-refractivity contribution in [1.29, 1.82) is 0 Å². The summed E-state index contributed by atoms with van der Waals surface area (Å²) >= 11 is 10.8. The van der Waals surface area contributed by atoms with Crippen molar-refractivity contribution in [2.24, 2.45) is 0 Å². The van der Waals surface area contributed by atoms with Crippen LogP contribution in [0.25, 0.3) is 0 Å². The number of anilines is 1. The molecule has 0 atom stereocenters. The molecule has 0 heterocycles. The molecule has 25 heavy (non-hydrogen) atoms. The number of nitrogens with one attached hydrogen (secondary N) is 2. The molecule has 0 saturated heterocycles. The molecule has 0 spiro atoms. The van der Waals surface area contributed by atoms with Crippen molar-refractivity contribution < 1.29 is 19.1 Å². The molecule has 0 aliphatic rings. The van der Waals surface area contributed by atoms with Gasteiger partial charge in [-0.15, -0.1) is 0 Å². The van der Waals surface area contributed by atoms with E-state index >= 15 is 0 Å². The largest absolute Gasteiger partial charge is 0.484 e. The molecule has 0 saturated carbocycles. The Balaban J connectivity index is 1.80. The van der Waals surface area contributed by atoms with E-state index in [-0.39, 0.29) is 11.7 Å². The molecular weight excluding hydrogens is 364 g/mol. The van der Waals surface area contributed by atoms with Gasteiger partial charge in [0, 0.05) is 10.7 Å². The van der Waals surface area contributed by atoms with Gasteiger partial charge in [0.05, 0.1) is 12.7 Å². The van der Waals surface area contributed by atoms with Gasteiger partial charge in [-0.25, -0.2) is 4.79 Å². The first-order valence-electron chi connectivity index (χ1n) is 7.15. The summed E-state index contributed by atoms with van der Waals surface area (Å²) in [6, 6.07) is 13.1. The van der Waals surface area contributed by atoms with Gasteiger partial charge in [-0.1, -0.05) is 11.6 Å². The monoisotopic (exact) mass is 378 g/mol. The Morgan fingerprint density at radius 1 is 1.08 bits per heavy atom. The molecule has 2 aromatic carbocycles. The molecule has 0 radical (unpaired) electrons. The zero-order chi connectivity index (χ0) is 18.2. The smallest absolute Gasteiger partial charge is 0.337 e. The highest BCUT2D eigenvalue weighted by atomic mass is 35.5. The van der Waals surface area contributed by atoms with Gasteiger partial charge in [-0.3, -0.25) is 10.1 Å². The van der Waals surface area contributed by atoms with Gasteiger partial charge in [0.1, 0.15) is 5.75 Å². The minimum atomic E-state index is -0.429. The van der Waals surface area contributed by atoms with Crippen molar-refractivity contribution >= 4 is 46.5 Å². The van der Waals surface area contributed by atoms with Crippen molar-refractivity contribution in [2.45, 2.75) is 0 Å². The predicted molar refractivity (Wildman–Crippen MR) is 99.1 cm³/mol. The van der Waals surface area contributed by atoms with E-state index < -0.39 is 11.9 Å². The number of halogens is 1. The molecule has 6 nitrogen and oxygen atoms in total. The van der Waals surface area contributed by atoms with Crippen LogP contribution in [0.5, 0.6) is 5.75 Å². The van der Waals surface area contributed by atoms with Crippen molar-refractivity contribution in [3.63, 3.8) is 0 Å². The number of benzene rings is 2. The van der Waals surface area contributed by atoms with Crippen molar-refractivity contribution in [1.82, 2.24) is 5.32 Å². The number of hydrogen-bond donors (Lipinski definition) is 2. The minimum absolute atomic E-state index is 0.121. The van der Waals surface area contributed by atoms with E-state index in [1.807, 2.05) is 0 Å². The fourth-order valence-electron chi connectivity index (χ4n) is 1.81. The van der Waals surface area contributed by atoms with E-state index in [1.54, 1.807) is 48.5 Å². The second-order valence-corrected chi connectivity index (χ2v) is 5.66. The average Bonchev–Trinajstić information content (AvgIpc) is 2.61. The minimum Gasteiger partial charge on any atom is -0.484 e. The molecule has 1 amide bonds. The van der Waals surface area contributed by atoms with Gasteiger partial charge in [-0.2, -0.15) is 0 Å². The molecule has 0 fully saturated rings. The lowest BCUT2D eigenvalue weighted by molar-refractivity contribution is -0.121. The summed E-state index contributed by atoms with van der Waals surface area (Å²) in [7, 11) is 1.31. The normalized spacial score (nSPS) is 9.84. The molecule has 0 unspecified atom stereocenters. The van der Waals surface area contributed by atoms with E-state index in [0.29, 0.717) is 22.0 Å². The van der Waals surface area contributed by atoms with Gasteiger partial charge in [0.2, 0.25) is 0 Å². The third kappa shape index (κ3) is 6.06. The molecule has 2 rings (SSSR count). The van der Waals surface area contributed by atoms with E-state index in [2.05, 4.69) is 15.4 Å². The van der Waals surface area contributed by atoms with Crippen LogP contribution in [0, 0.1) is 0 Å².